The molecule has 0 N–H and O–H groups in total. The molecule has 0 aliphatic heterocycles. The van der Waals surface area contributed by atoms with Crippen LogP contribution in [0.4, 0.5) is 8.78 Å². The van der Waals surface area contributed by atoms with Crippen molar-refractivity contribution in [2.45, 2.75) is 44.4 Å². The quantitative estimate of drug-likeness (QED) is 0.484. The maximum absolute atomic E-state index is 11.9. The van der Waals surface area contributed by atoms with Gasteiger partial charge in [-0.05, 0) is 36.0 Å². The number of ether oxygens (including phenoxy) is 1. The van der Waals surface area contributed by atoms with Gasteiger partial charge in [-0.1, -0.05) is 48.0 Å². The number of aryl methyl sites for hydroxylation is 2. The third-order valence-corrected chi connectivity index (χ3v) is 4.10. The Labute approximate surface area is 122 Å². The van der Waals surface area contributed by atoms with E-state index in [0.717, 1.165) is 12.8 Å². The van der Waals surface area contributed by atoms with Crippen molar-refractivity contribution in [2.75, 3.05) is 13.2 Å². The van der Waals surface area contributed by atoms with Gasteiger partial charge in [-0.3, -0.25) is 0 Å². The zero-order chi connectivity index (χ0) is 14.3. The Balaban J connectivity index is 2.54. The maximum atomic E-state index is 11.9. The minimum Gasteiger partial charge on any atom is -0.375 e. The molecule has 1 aromatic rings. The molecule has 0 spiro atoms. The van der Waals surface area contributed by atoms with Crippen LogP contribution in [0.3, 0.4) is 0 Å². The first kappa shape index (κ1) is 16.6. The van der Waals surface area contributed by atoms with Gasteiger partial charge in [0.1, 0.15) is 6.61 Å². The minimum absolute atomic E-state index is 0.154. The molecule has 0 radical (unpaired) electrons. The van der Waals surface area contributed by atoms with E-state index in [1.807, 2.05) is 0 Å². The molecule has 0 amide bonds. The van der Waals surface area contributed by atoms with Crippen molar-refractivity contribution >= 4 is 15.9 Å². The fourth-order valence-corrected chi connectivity index (χ4v) is 2.51. The molecule has 0 fully saturated rings. The second-order valence-electron chi connectivity index (χ2n) is 4.46. The topological polar surface area (TPSA) is 9.23 Å². The van der Waals surface area contributed by atoms with Crippen LogP contribution in [0.25, 0.3) is 0 Å². The van der Waals surface area contributed by atoms with Crippen LogP contribution in [0.15, 0.2) is 18.2 Å². The summed E-state index contributed by atoms with van der Waals surface area (Å²) in [6.45, 7) is 4.16. The van der Waals surface area contributed by atoms with Gasteiger partial charge in [0.05, 0.1) is 0 Å². The van der Waals surface area contributed by atoms with Crippen LogP contribution in [-0.2, 0) is 17.6 Å². The van der Waals surface area contributed by atoms with Crippen LogP contribution in [0, 0.1) is 0 Å². The normalized spacial score (nSPS) is 12.9. The molecule has 19 heavy (non-hydrogen) atoms. The van der Waals surface area contributed by atoms with E-state index in [1.165, 1.54) is 16.7 Å². The van der Waals surface area contributed by atoms with Gasteiger partial charge in [-0.25, -0.2) is 8.78 Å². The van der Waals surface area contributed by atoms with E-state index in [-0.39, 0.29) is 4.83 Å². The zero-order valence-corrected chi connectivity index (χ0v) is 13.1. The molecular weight excluding hydrogens is 314 g/mol. The van der Waals surface area contributed by atoms with Gasteiger partial charge >= 0.3 is 0 Å². The summed E-state index contributed by atoms with van der Waals surface area (Å²) in [5, 5.41) is 0. The third-order valence-electron chi connectivity index (χ3n) is 3.11. The van der Waals surface area contributed by atoms with Gasteiger partial charge in [0, 0.05) is 11.4 Å². The molecule has 0 saturated heterocycles. The van der Waals surface area contributed by atoms with Crippen molar-refractivity contribution in [1.82, 2.24) is 0 Å². The summed E-state index contributed by atoms with van der Waals surface area (Å²) in [6, 6.07) is 6.46. The molecule has 1 aromatic carbocycles. The second kappa shape index (κ2) is 8.64. The van der Waals surface area contributed by atoms with Crippen LogP contribution in [0.2, 0.25) is 0 Å². The zero-order valence-electron chi connectivity index (χ0n) is 11.5. The lowest BCUT2D eigenvalue weighted by molar-refractivity contribution is 0.0167. The summed E-state index contributed by atoms with van der Waals surface area (Å²) in [5.41, 5.74) is 3.92. The third kappa shape index (κ3) is 5.57. The van der Waals surface area contributed by atoms with Gasteiger partial charge in [0.25, 0.3) is 6.43 Å². The molecule has 1 atom stereocenters. The standard InChI is InChI=1S/C15H21BrF2O/c1-3-11-5-6-13(9-12(11)4-2)14(16)7-8-19-10-15(17)18/h5-6,9,14-15H,3-4,7-8,10H2,1-2H3. The van der Waals surface area contributed by atoms with Crippen molar-refractivity contribution in [3.63, 3.8) is 0 Å². The highest BCUT2D eigenvalue weighted by molar-refractivity contribution is 9.09. The maximum Gasteiger partial charge on any atom is 0.261 e. The van der Waals surface area contributed by atoms with Crippen molar-refractivity contribution < 1.29 is 13.5 Å². The summed E-state index contributed by atoms with van der Waals surface area (Å²) in [4.78, 5) is 0.154. The molecule has 1 nitrogen and oxygen atoms in total. The number of hydrogen-bond acceptors (Lipinski definition) is 1. The smallest absolute Gasteiger partial charge is 0.261 e. The van der Waals surface area contributed by atoms with Crippen LogP contribution in [0.5, 0.6) is 0 Å². The van der Waals surface area contributed by atoms with Gasteiger partial charge in [0.2, 0.25) is 0 Å². The van der Waals surface area contributed by atoms with Crippen LogP contribution in [-0.4, -0.2) is 19.6 Å². The van der Waals surface area contributed by atoms with E-state index in [2.05, 4.69) is 48.0 Å². The summed E-state index contributed by atoms with van der Waals surface area (Å²) in [6.07, 6.45) is 0.359. The van der Waals surface area contributed by atoms with Crippen LogP contribution >= 0.6 is 15.9 Å². The van der Waals surface area contributed by atoms with E-state index in [0.29, 0.717) is 13.0 Å². The Morgan fingerprint density at radius 2 is 1.84 bits per heavy atom. The van der Waals surface area contributed by atoms with Crippen LogP contribution < -0.4 is 0 Å². The van der Waals surface area contributed by atoms with Crippen molar-refractivity contribution in [3.8, 4) is 0 Å². The predicted octanol–water partition coefficient (Wildman–Crippen LogP) is 4.92. The van der Waals surface area contributed by atoms with E-state index in [1.54, 1.807) is 0 Å². The first-order valence-electron chi connectivity index (χ1n) is 6.70. The lowest BCUT2D eigenvalue weighted by Crippen LogP contribution is -2.07. The Bertz CT molecular complexity index is 382. The SMILES string of the molecule is CCc1ccc(C(Br)CCOCC(F)F)cc1CC. The number of benzene rings is 1. The fourth-order valence-electron chi connectivity index (χ4n) is 2.04. The molecule has 4 heteroatoms. The Kier molecular flexibility index (Phi) is 7.54. The first-order chi connectivity index (χ1) is 9.08. The molecule has 0 aliphatic carbocycles. The van der Waals surface area contributed by atoms with E-state index >= 15 is 0 Å². The molecule has 0 aromatic heterocycles. The molecule has 0 saturated carbocycles. The van der Waals surface area contributed by atoms with E-state index < -0.39 is 13.0 Å². The van der Waals surface area contributed by atoms with Crippen molar-refractivity contribution in [1.29, 1.82) is 0 Å². The second-order valence-corrected chi connectivity index (χ2v) is 5.56. The molecule has 1 rings (SSSR count). The highest BCUT2D eigenvalue weighted by Gasteiger charge is 2.10. The van der Waals surface area contributed by atoms with E-state index in [9.17, 15) is 8.78 Å². The summed E-state index contributed by atoms with van der Waals surface area (Å²) < 4.78 is 28.8. The molecule has 108 valence electrons. The average molecular weight is 335 g/mol. The largest absolute Gasteiger partial charge is 0.375 e. The van der Waals surface area contributed by atoms with Crippen molar-refractivity contribution in [3.05, 3.63) is 34.9 Å². The van der Waals surface area contributed by atoms with Crippen LogP contribution in [0.1, 0.15) is 41.8 Å². The molecular formula is C15H21BrF2O. The lowest BCUT2D eigenvalue weighted by atomic mass is 9.98. The number of hydrogen-bond donors (Lipinski definition) is 0. The molecule has 0 bridgehead atoms. The average Bonchev–Trinajstić information content (AvgIpc) is 2.42. The van der Waals surface area contributed by atoms with Gasteiger partial charge < -0.3 is 4.74 Å². The predicted molar refractivity (Wildman–Crippen MR) is 78.3 cm³/mol. The fraction of sp³-hybridized carbons (Fsp3) is 0.600. The van der Waals surface area contributed by atoms with E-state index in [4.69, 9.17) is 4.74 Å². The Hall–Kier alpha value is -0.480. The summed E-state index contributed by atoms with van der Waals surface area (Å²) >= 11 is 3.60. The lowest BCUT2D eigenvalue weighted by Gasteiger charge is -2.14. The molecule has 0 aliphatic rings. The Morgan fingerprint density at radius 1 is 1.16 bits per heavy atom. The molecule has 1 unspecified atom stereocenters. The number of halogens is 3. The summed E-state index contributed by atoms with van der Waals surface area (Å²) in [5.74, 6) is 0. The van der Waals surface area contributed by atoms with Crippen molar-refractivity contribution in [2.24, 2.45) is 0 Å². The first-order valence-corrected chi connectivity index (χ1v) is 7.61. The summed E-state index contributed by atoms with van der Waals surface area (Å²) in [7, 11) is 0. The highest BCUT2D eigenvalue weighted by Crippen LogP contribution is 2.28. The minimum atomic E-state index is -2.38. The Morgan fingerprint density at radius 3 is 2.42 bits per heavy atom. The number of alkyl halides is 3. The van der Waals surface area contributed by atoms with Gasteiger partial charge in [-0.2, -0.15) is 0 Å². The monoisotopic (exact) mass is 334 g/mol. The molecule has 0 heterocycles. The number of rotatable bonds is 8. The highest BCUT2D eigenvalue weighted by atomic mass is 79.9. The van der Waals surface area contributed by atoms with Gasteiger partial charge in [-0.15, -0.1) is 0 Å². The van der Waals surface area contributed by atoms with Gasteiger partial charge in [0.15, 0.2) is 0 Å².